The number of nitrogen functional groups attached to an aromatic ring is 1. The molecule has 3 nitrogen and oxygen atoms in total. The summed E-state index contributed by atoms with van der Waals surface area (Å²) in [4.78, 5) is 0. The Labute approximate surface area is 91.3 Å². The first kappa shape index (κ1) is 9.65. The predicted molar refractivity (Wildman–Crippen MR) is 59.0 cm³/mol. The molecular formula is C10H12BrNO2. The van der Waals surface area contributed by atoms with Crippen LogP contribution in [0.15, 0.2) is 4.47 Å². The molecule has 0 bridgehead atoms. The van der Waals surface area contributed by atoms with Gasteiger partial charge in [-0.3, -0.25) is 0 Å². The first-order valence-corrected chi connectivity index (χ1v) is 5.26. The highest BCUT2D eigenvalue weighted by Gasteiger charge is 2.21. The van der Waals surface area contributed by atoms with E-state index in [0.717, 1.165) is 21.3 Å². The zero-order chi connectivity index (χ0) is 10.3. The van der Waals surface area contributed by atoms with E-state index in [9.17, 15) is 0 Å². The Balaban J connectivity index is 2.71. The van der Waals surface area contributed by atoms with Gasteiger partial charge in [-0.15, -0.1) is 0 Å². The van der Waals surface area contributed by atoms with Crippen LogP contribution in [0.1, 0.15) is 11.1 Å². The molecule has 1 aromatic carbocycles. The Morgan fingerprint density at radius 1 is 1.07 bits per heavy atom. The van der Waals surface area contributed by atoms with Crippen molar-refractivity contribution >= 4 is 21.6 Å². The Morgan fingerprint density at radius 2 is 1.64 bits per heavy atom. The first-order valence-electron chi connectivity index (χ1n) is 4.46. The smallest absolute Gasteiger partial charge is 0.185 e. The third-order valence-corrected chi connectivity index (χ3v) is 3.52. The van der Waals surface area contributed by atoms with Gasteiger partial charge in [-0.2, -0.15) is 0 Å². The van der Waals surface area contributed by atoms with E-state index < -0.39 is 0 Å². The lowest BCUT2D eigenvalue weighted by Crippen LogP contribution is -2.18. The van der Waals surface area contributed by atoms with E-state index in [1.807, 2.05) is 13.8 Å². The lowest BCUT2D eigenvalue weighted by atomic mass is 10.1. The number of rotatable bonds is 0. The highest BCUT2D eigenvalue weighted by Crippen LogP contribution is 2.45. The van der Waals surface area contributed by atoms with Crippen molar-refractivity contribution in [1.29, 1.82) is 0 Å². The molecule has 4 heteroatoms. The predicted octanol–water partition coefficient (Wildman–Crippen LogP) is 2.42. The molecule has 1 aromatic rings. The van der Waals surface area contributed by atoms with Crippen LogP contribution in [-0.4, -0.2) is 13.2 Å². The Morgan fingerprint density at radius 3 is 2.29 bits per heavy atom. The molecule has 2 rings (SSSR count). The standard InChI is InChI=1S/C10H12BrNO2/c1-5-6(2)9-10(8(12)7(5)11)14-4-3-13-9/h3-4,12H2,1-2H3. The number of hydrogen-bond acceptors (Lipinski definition) is 3. The summed E-state index contributed by atoms with van der Waals surface area (Å²) >= 11 is 3.45. The fourth-order valence-electron chi connectivity index (χ4n) is 1.53. The van der Waals surface area contributed by atoms with Crippen LogP contribution in [0.25, 0.3) is 0 Å². The van der Waals surface area contributed by atoms with Crippen LogP contribution in [0.4, 0.5) is 5.69 Å². The van der Waals surface area contributed by atoms with Crippen LogP contribution in [-0.2, 0) is 0 Å². The average molecular weight is 258 g/mol. The Bertz CT molecular complexity index is 353. The van der Waals surface area contributed by atoms with Gasteiger partial charge in [0.05, 0.1) is 5.69 Å². The Kier molecular flexibility index (Phi) is 2.31. The molecule has 1 aliphatic rings. The first-order chi connectivity index (χ1) is 6.63. The lowest BCUT2D eigenvalue weighted by molar-refractivity contribution is 0.171. The number of halogens is 1. The van der Waals surface area contributed by atoms with Crippen LogP contribution < -0.4 is 15.2 Å². The molecule has 0 fully saturated rings. The molecule has 1 aliphatic heterocycles. The number of fused-ring (bicyclic) bond motifs is 1. The summed E-state index contributed by atoms with van der Waals surface area (Å²) in [6.45, 7) is 5.17. The summed E-state index contributed by atoms with van der Waals surface area (Å²) in [7, 11) is 0. The van der Waals surface area contributed by atoms with Crippen molar-refractivity contribution in [1.82, 2.24) is 0 Å². The largest absolute Gasteiger partial charge is 0.486 e. The van der Waals surface area contributed by atoms with Crippen LogP contribution >= 0.6 is 15.9 Å². The summed E-state index contributed by atoms with van der Waals surface area (Å²) in [5.74, 6) is 1.46. The van der Waals surface area contributed by atoms with Crippen molar-refractivity contribution in [2.75, 3.05) is 18.9 Å². The van der Waals surface area contributed by atoms with Crippen LogP contribution in [0, 0.1) is 13.8 Å². The number of hydrogen-bond donors (Lipinski definition) is 1. The molecule has 0 atom stereocenters. The second-order valence-electron chi connectivity index (χ2n) is 3.33. The summed E-state index contributed by atoms with van der Waals surface area (Å²) in [5, 5.41) is 0. The van der Waals surface area contributed by atoms with Gasteiger partial charge in [0.25, 0.3) is 0 Å². The second kappa shape index (κ2) is 3.35. The van der Waals surface area contributed by atoms with E-state index in [1.165, 1.54) is 0 Å². The topological polar surface area (TPSA) is 44.5 Å². The van der Waals surface area contributed by atoms with Gasteiger partial charge in [0.15, 0.2) is 11.5 Å². The molecule has 0 unspecified atom stereocenters. The van der Waals surface area contributed by atoms with E-state index in [4.69, 9.17) is 15.2 Å². The van der Waals surface area contributed by atoms with E-state index in [1.54, 1.807) is 0 Å². The SMILES string of the molecule is Cc1c(C)c2c(c(N)c1Br)OCCO2. The third-order valence-electron chi connectivity index (χ3n) is 2.50. The van der Waals surface area contributed by atoms with E-state index in [0.29, 0.717) is 24.7 Å². The van der Waals surface area contributed by atoms with Crippen molar-refractivity contribution in [3.8, 4) is 11.5 Å². The van der Waals surface area contributed by atoms with Crippen LogP contribution in [0.5, 0.6) is 11.5 Å². The zero-order valence-corrected chi connectivity index (χ0v) is 9.77. The minimum atomic E-state index is 0.562. The molecule has 0 amide bonds. The van der Waals surface area contributed by atoms with Gasteiger partial charge in [-0.05, 0) is 40.9 Å². The van der Waals surface area contributed by atoms with E-state index in [-0.39, 0.29) is 0 Å². The third kappa shape index (κ3) is 1.25. The minimum Gasteiger partial charge on any atom is -0.486 e. The molecule has 14 heavy (non-hydrogen) atoms. The van der Waals surface area contributed by atoms with Gasteiger partial charge in [0.2, 0.25) is 0 Å². The molecule has 0 aromatic heterocycles. The van der Waals surface area contributed by atoms with Crippen molar-refractivity contribution in [3.63, 3.8) is 0 Å². The fraction of sp³-hybridized carbons (Fsp3) is 0.400. The minimum absolute atomic E-state index is 0.562. The molecule has 0 aliphatic carbocycles. The van der Waals surface area contributed by atoms with Crippen molar-refractivity contribution in [3.05, 3.63) is 15.6 Å². The highest BCUT2D eigenvalue weighted by molar-refractivity contribution is 9.10. The monoisotopic (exact) mass is 257 g/mol. The van der Waals surface area contributed by atoms with Gasteiger partial charge < -0.3 is 15.2 Å². The molecule has 1 heterocycles. The maximum atomic E-state index is 5.92. The van der Waals surface area contributed by atoms with Gasteiger partial charge >= 0.3 is 0 Å². The zero-order valence-electron chi connectivity index (χ0n) is 8.19. The Hall–Kier alpha value is -0.900. The summed E-state index contributed by atoms with van der Waals surface area (Å²) < 4.78 is 11.9. The second-order valence-corrected chi connectivity index (χ2v) is 4.13. The van der Waals surface area contributed by atoms with Crippen molar-refractivity contribution in [2.24, 2.45) is 0 Å². The number of ether oxygens (including phenoxy) is 2. The summed E-state index contributed by atoms with van der Waals surface area (Å²) in [6.07, 6.45) is 0. The van der Waals surface area contributed by atoms with Gasteiger partial charge in [0.1, 0.15) is 13.2 Å². The van der Waals surface area contributed by atoms with Gasteiger partial charge in [-0.1, -0.05) is 0 Å². The molecule has 0 saturated carbocycles. The molecular weight excluding hydrogens is 246 g/mol. The lowest BCUT2D eigenvalue weighted by Gasteiger charge is -2.23. The number of nitrogens with two attached hydrogens (primary N) is 1. The van der Waals surface area contributed by atoms with E-state index in [2.05, 4.69) is 15.9 Å². The fourth-order valence-corrected chi connectivity index (χ4v) is 2.01. The highest BCUT2D eigenvalue weighted by atomic mass is 79.9. The molecule has 0 spiro atoms. The maximum Gasteiger partial charge on any atom is 0.185 e. The van der Waals surface area contributed by atoms with Crippen molar-refractivity contribution < 1.29 is 9.47 Å². The van der Waals surface area contributed by atoms with Gasteiger partial charge in [-0.25, -0.2) is 0 Å². The quantitative estimate of drug-likeness (QED) is 0.727. The van der Waals surface area contributed by atoms with Crippen molar-refractivity contribution in [2.45, 2.75) is 13.8 Å². The average Bonchev–Trinajstić information content (AvgIpc) is 2.23. The summed E-state index contributed by atoms with van der Waals surface area (Å²) in [5.41, 5.74) is 8.74. The van der Waals surface area contributed by atoms with Crippen LogP contribution in [0.3, 0.4) is 0 Å². The number of benzene rings is 1. The molecule has 0 radical (unpaired) electrons. The number of anilines is 1. The van der Waals surface area contributed by atoms with Crippen LogP contribution in [0.2, 0.25) is 0 Å². The normalized spacial score (nSPS) is 14.2. The molecule has 0 saturated heterocycles. The molecule has 2 N–H and O–H groups in total. The van der Waals surface area contributed by atoms with Gasteiger partial charge in [0, 0.05) is 4.47 Å². The summed E-state index contributed by atoms with van der Waals surface area (Å²) in [6, 6.07) is 0. The molecule has 76 valence electrons. The van der Waals surface area contributed by atoms with E-state index >= 15 is 0 Å². The maximum absolute atomic E-state index is 5.92.